The highest BCUT2D eigenvalue weighted by Gasteiger charge is 2.06. The van der Waals surface area contributed by atoms with Gasteiger partial charge in [0.25, 0.3) is 5.56 Å². The van der Waals surface area contributed by atoms with E-state index in [0.717, 1.165) is 18.2 Å². The number of halogens is 3. The number of benzene rings is 1. The van der Waals surface area contributed by atoms with Gasteiger partial charge in [0.1, 0.15) is 5.75 Å². The minimum Gasteiger partial charge on any atom is -0.506 e. The molecule has 2 aromatic rings. The third-order valence-electron chi connectivity index (χ3n) is 2.39. The van der Waals surface area contributed by atoms with Crippen LogP contribution >= 0.6 is 11.6 Å². The quantitative estimate of drug-likeness (QED) is 0.912. The number of aromatic hydroxyl groups is 1. The van der Waals surface area contributed by atoms with Crippen molar-refractivity contribution in [2.75, 3.05) is 0 Å². The van der Waals surface area contributed by atoms with Crippen LogP contribution in [0.4, 0.5) is 8.78 Å². The van der Waals surface area contributed by atoms with E-state index in [1.165, 1.54) is 16.8 Å². The highest BCUT2D eigenvalue weighted by Crippen LogP contribution is 2.19. The molecule has 0 unspecified atom stereocenters. The van der Waals surface area contributed by atoms with Gasteiger partial charge < -0.3 is 9.67 Å². The highest BCUT2D eigenvalue weighted by molar-refractivity contribution is 6.31. The van der Waals surface area contributed by atoms with Gasteiger partial charge in [-0.2, -0.15) is 0 Å². The second-order valence-corrected chi connectivity index (χ2v) is 4.13. The molecule has 0 aliphatic carbocycles. The summed E-state index contributed by atoms with van der Waals surface area (Å²) < 4.78 is 26.9. The van der Waals surface area contributed by atoms with Gasteiger partial charge in [-0.3, -0.25) is 4.79 Å². The minimum absolute atomic E-state index is 0.0113. The van der Waals surface area contributed by atoms with Gasteiger partial charge in [-0.25, -0.2) is 8.78 Å². The SMILES string of the molecule is O=c1cc(O)c(Cl)cn1Cc1ccc(F)c(F)c1. The van der Waals surface area contributed by atoms with E-state index in [2.05, 4.69) is 0 Å². The first-order valence-corrected chi connectivity index (χ1v) is 5.38. The average molecular weight is 272 g/mol. The summed E-state index contributed by atoms with van der Waals surface area (Å²) in [6, 6.07) is 4.31. The smallest absolute Gasteiger partial charge is 0.254 e. The molecule has 0 saturated carbocycles. The molecule has 94 valence electrons. The fourth-order valence-electron chi connectivity index (χ4n) is 1.49. The fraction of sp³-hybridized carbons (Fsp3) is 0.0833. The summed E-state index contributed by atoms with van der Waals surface area (Å²) in [5, 5.41) is 9.23. The normalized spacial score (nSPS) is 10.6. The number of pyridine rings is 1. The third kappa shape index (κ3) is 2.51. The molecule has 1 aromatic carbocycles. The lowest BCUT2D eigenvalue weighted by Gasteiger charge is -2.07. The Kier molecular flexibility index (Phi) is 3.34. The molecule has 3 nitrogen and oxygen atoms in total. The highest BCUT2D eigenvalue weighted by atomic mass is 35.5. The zero-order valence-electron chi connectivity index (χ0n) is 9.03. The molecule has 2 rings (SSSR count). The zero-order valence-corrected chi connectivity index (χ0v) is 9.79. The van der Waals surface area contributed by atoms with Gasteiger partial charge >= 0.3 is 0 Å². The molecule has 6 heteroatoms. The number of nitrogens with zero attached hydrogens (tertiary/aromatic N) is 1. The van der Waals surface area contributed by atoms with E-state index in [4.69, 9.17) is 11.6 Å². The fourth-order valence-corrected chi connectivity index (χ4v) is 1.67. The molecule has 1 heterocycles. The lowest BCUT2D eigenvalue weighted by Crippen LogP contribution is -2.19. The van der Waals surface area contributed by atoms with Crippen molar-refractivity contribution in [1.82, 2.24) is 4.57 Å². The van der Waals surface area contributed by atoms with Crippen LogP contribution in [-0.2, 0) is 6.54 Å². The van der Waals surface area contributed by atoms with Crippen molar-refractivity contribution >= 4 is 11.6 Å². The predicted molar refractivity (Wildman–Crippen MR) is 62.8 cm³/mol. The monoisotopic (exact) mass is 271 g/mol. The van der Waals surface area contributed by atoms with Crippen LogP contribution in [0.1, 0.15) is 5.56 Å². The second kappa shape index (κ2) is 4.78. The van der Waals surface area contributed by atoms with Gasteiger partial charge in [-0.15, -0.1) is 0 Å². The molecule has 1 N–H and O–H groups in total. The third-order valence-corrected chi connectivity index (χ3v) is 2.69. The van der Waals surface area contributed by atoms with Crippen LogP contribution in [-0.4, -0.2) is 9.67 Å². The van der Waals surface area contributed by atoms with Gasteiger partial charge in [0, 0.05) is 12.3 Å². The first-order valence-electron chi connectivity index (χ1n) is 5.00. The van der Waals surface area contributed by atoms with Crippen molar-refractivity contribution in [3.05, 3.63) is 63.0 Å². The van der Waals surface area contributed by atoms with E-state index >= 15 is 0 Å². The lowest BCUT2D eigenvalue weighted by atomic mass is 10.2. The standard InChI is InChI=1S/C12H8ClF2NO2/c13-8-6-16(12(18)4-11(8)17)5-7-1-2-9(14)10(15)3-7/h1-4,6,17H,5H2. The number of rotatable bonds is 2. The first-order chi connectivity index (χ1) is 8.47. The van der Waals surface area contributed by atoms with Crippen LogP contribution in [0.3, 0.4) is 0 Å². The molecule has 0 spiro atoms. The maximum absolute atomic E-state index is 13.0. The molecule has 18 heavy (non-hydrogen) atoms. The first kappa shape index (κ1) is 12.6. The van der Waals surface area contributed by atoms with E-state index in [0.29, 0.717) is 5.56 Å². The Labute approximate surface area is 106 Å². The molecular weight excluding hydrogens is 264 g/mol. The summed E-state index contributed by atoms with van der Waals surface area (Å²) in [4.78, 5) is 11.5. The van der Waals surface area contributed by atoms with Crippen molar-refractivity contribution in [2.24, 2.45) is 0 Å². The van der Waals surface area contributed by atoms with Gasteiger partial charge in [-0.05, 0) is 17.7 Å². The lowest BCUT2D eigenvalue weighted by molar-refractivity contribution is 0.471. The van der Waals surface area contributed by atoms with E-state index < -0.39 is 17.2 Å². The molecule has 0 aliphatic rings. The van der Waals surface area contributed by atoms with E-state index in [-0.39, 0.29) is 17.3 Å². The summed E-state index contributed by atoms with van der Waals surface area (Å²) in [7, 11) is 0. The Balaban J connectivity index is 2.37. The number of hydrogen-bond acceptors (Lipinski definition) is 2. The van der Waals surface area contributed by atoms with Crippen molar-refractivity contribution in [1.29, 1.82) is 0 Å². The van der Waals surface area contributed by atoms with Crippen LogP contribution < -0.4 is 5.56 Å². The second-order valence-electron chi connectivity index (χ2n) is 3.72. The Hall–Kier alpha value is -1.88. The van der Waals surface area contributed by atoms with E-state index in [9.17, 15) is 18.7 Å². The van der Waals surface area contributed by atoms with Crippen molar-refractivity contribution in [3.8, 4) is 5.75 Å². The Morgan fingerprint density at radius 1 is 1.22 bits per heavy atom. The zero-order chi connectivity index (χ0) is 13.3. The number of hydrogen-bond donors (Lipinski definition) is 1. The van der Waals surface area contributed by atoms with E-state index in [1.54, 1.807) is 0 Å². The molecule has 0 amide bonds. The van der Waals surface area contributed by atoms with Gasteiger partial charge in [0.2, 0.25) is 0 Å². The molecule has 0 fully saturated rings. The van der Waals surface area contributed by atoms with Gasteiger partial charge in [0.05, 0.1) is 11.6 Å². The van der Waals surface area contributed by atoms with Crippen LogP contribution in [0.25, 0.3) is 0 Å². The Morgan fingerprint density at radius 3 is 2.61 bits per heavy atom. The molecule has 0 aliphatic heterocycles. The largest absolute Gasteiger partial charge is 0.506 e. The number of aromatic nitrogens is 1. The molecular formula is C12H8ClF2NO2. The maximum atomic E-state index is 13.0. The minimum atomic E-state index is -0.981. The summed E-state index contributed by atoms with van der Waals surface area (Å²) in [6.07, 6.45) is 1.24. The summed E-state index contributed by atoms with van der Waals surface area (Å²) in [6.45, 7) is 0.0377. The Bertz CT molecular complexity index is 655. The summed E-state index contributed by atoms with van der Waals surface area (Å²) in [5.74, 6) is -2.25. The van der Waals surface area contributed by atoms with E-state index in [1.807, 2.05) is 0 Å². The average Bonchev–Trinajstić information content (AvgIpc) is 2.31. The molecule has 1 aromatic heterocycles. The summed E-state index contributed by atoms with van der Waals surface area (Å²) in [5.41, 5.74) is -0.0700. The molecule has 0 saturated heterocycles. The molecule has 0 radical (unpaired) electrons. The van der Waals surface area contributed by atoms with Crippen molar-refractivity contribution < 1.29 is 13.9 Å². The van der Waals surface area contributed by atoms with Crippen LogP contribution in [0, 0.1) is 11.6 Å². The van der Waals surface area contributed by atoms with Crippen LogP contribution in [0.5, 0.6) is 5.75 Å². The van der Waals surface area contributed by atoms with Gasteiger partial charge in [0.15, 0.2) is 11.6 Å². The van der Waals surface area contributed by atoms with Crippen molar-refractivity contribution in [2.45, 2.75) is 6.54 Å². The predicted octanol–water partition coefficient (Wildman–Crippen LogP) is 2.53. The van der Waals surface area contributed by atoms with Crippen molar-refractivity contribution in [3.63, 3.8) is 0 Å². The molecule has 0 bridgehead atoms. The van der Waals surface area contributed by atoms with Gasteiger partial charge in [-0.1, -0.05) is 17.7 Å². The Morgan fingerprint density at radius 2 is 1.94 bits per heavy atom. The maximum Gasteiger partial charge on any atom is 0.254 e. The van der Waals surface area contributed by atoms with Crippen LogP contribution in [0.2, 0.25) is 5.02 Å². The molecule has 0 atom stereocenters. The van der Waals surface area contributed by atoms with Crippen LogP contribution in [0.15, 0.2) is 35.3 Å². The topological polar surface area (TPSA) is 42.2 Å². The summed E-state index contributed by atoms with van der Waals surface area (Å²) >= 11 is 5.66.